The summed E-state index contributed by atoms with van der Waals surface area (Å²) < 4.78 is 22.2. The molecule has 2 aliphatic rings. The maximum absolute atomic E-state index is 13.7. The van der Waals surface area contributed by atoms with Crippen LogP contribution in [0.2, 0.25) is 0 Å². The Morgan fingerprint density at radius 3 is 2.76 bits per heavy atom. The van der Waals surface area contributed by atoms with Crippen molar-refractivity contribution < 1.29 is 28.2 Å². The lowest BCUT2D eigenvalue weighted by atomic mass is 9.68. The molecule has 1 unspecified atom stereocenters. The van der Waals surface area contributed by atoms with Gasteiger partial charge in [-0.05, 0) is 30.3 Å². The lowest BCUT2D eigenvalue weighted by Gasteiger charge is -2.34. The van der Waals surface area contributed by atoms with Gasteiger partial charge in [-0.2, -0.15) is 0 Å². The normalized spacial score (nSPS) is 18.7. The molecule has 1 spiro atoms. The lowest BCUT2D eigenvalue weighted by molar-refractivity contribution is -0.142. The van der Waals surface area contributed by atoms with Gasteiger partial charge in [-0.25, -0.2) is 9.59 Å². The van der Waals surface area contributed by atoms with E-state index in [0.717, 1.165) is 0 Å². The van der Waals surface area contributed by atoms with Crippen LogP contribution in [0.1, 0.15) is 11.1 Å². The van der Waals surface area contributed by atoms with Crippen LogP contribution < -0.4 is 21.4 Å². The molecule has 10 heteroatoms. The smallest absolute Gasteiger partial charge is 0.345 e. The monoisotopic (exact) mass is 512 g/mol. The predicted molar refractivity (Wildman–Crippen MR) is 121 cm³/mol. The van der Waals surface area contributed by atoms with E-state index in [-0.39, 0.29) is 41.6 Å². The van der Waals surface area contributed by atoms with Crippen molar-refractivity contribution in [2.24, 2.45) is 5.73 Å². The number of amides is 1. The molecule has 3 heterocycles. The Bertz CT molecular complexity index is 1430. The Morgan fingerprint density at radius 1 is 1.18 bits per heavy atom. The number of anilines is 1. The molecule has 1 atom stereocenters. The van der Waals surface area contributed by atoms with Crippen LogP contribution in [0, 0.1) is 0 Å². The van der Waals surface area contributed by atoms with Gasteiger partial charge in [-0.3, -0.25) is 4.79 Å². The molecule has 5 rings (SSSR count). The fraction of sp³-hybridized carbons (Fsp3) is 0.174. The van der Waals surface area contributed by atoms with Gasteiger partial charge in [-0.15, -0.1) is 0 Å². The van der Waals surface area contributed by atoms with Gasteiger partial charge in [0.25, 0.3) is 0 Å². The standard InChI is InChI=1S/C23H17BrN2O7/c1-30-8-9-31-20(27)17-19(25)33-18-12-4-2-3-5-15(12)32-21(28)16(18)23(17)13-10-11(24)6-7-14(13)26-22(23)29/h2-7,10H,8-9,25H2,1H3,(H,26,29). The van der Waals surface area contributed by atoms with Crippen molar-refractivity contribution in [2.75, 3.05) is 25.6 Å². The van der Waals surface area contributed by atoms with Crippen LogP contribution in [-0.4, -0.2) is 32.2 Å². The molecule has 3 aromatic rings. The van der Waals surface area contributed by atoms with Crippen molar-refractivity contribution in [1.82, 2.24) is 0 Å². The van der Waals surface area contributed by atoms with Crippen molar-refractivity contribution in [1.29, 1.82) is 0 Å². The van der Waals surface area contributed by atoms with Gasteiger partial charge in [-0.1, -0.05) is 28.1 Å². The number of methoxy groups -OCH3 is 1. The number of carbonyl (C=O) groups excluding carboxylic acids is 2. The quantitative estimate of drug-likeness (QED) is 0.309. The molecular formula is C23H17BrN2O7. The minimum atomic E-state index is -1.94. The van der Waals surface area contributed by atoms with Gasteiger partial charge in [0.2, 0.25) is 11.8 Å². The second-order valence-electron chi connectivity index (χ2n) is 7.45. The van der Waals surface area contributed by atoms with Crippen molar-refractivity contribution >= 4 is 44.5 Å². The van der Waals surface area contributed by atoms with Gasteiger partial charge in [0.05, 0.1) is 12.0 Å². The molecule has 0 saturated carbocycles. The molecular weight excluding hydrogens is 496 g/mol. The molecule has 0 bridgehead atoms. The van der Waals surface area contributed by atoms with Crippen LogP contribution in [0.25, 0.3) is 11.0 Å². The number of hydrogen-bond donors (Lipinski definition) is 2. The summed E-state index contributed by atoms with van der Waals surface area (Å²) in [4.78, 5) is 40.3. The van der Waals surface area contributed by atoms with Crippen molar-refractivity contribution in [3.63, 3.8) is 0 Å². The molecule has 2 aromatic carbocycles. The highest BCUT2D eigenvalue weighted by Gasteiger charge is 2.61. The average molecular weight is 513 g/mol. The first-order valence-electron chi connectivity index (χ1n) is 9.91. The van der Waals surface area contributed by atoms with E-state index in [1.54, 1.807) is 42.5 Å². The number of nitrogens with one attached hydrogen (secondary N) is 1. The van der Waals surface area contributed by atoms with E-state index in [2.05, 4.69) is 21.2 Å². The number of rotatable bonds is 4. The van der Waals surface area contributed by atoms with E-state index < -0.39 is 22.9 Å². The zero-order valence-electron chi connectivity index (χ0n) is 17.3. The third-order valence-corrected chi connectivity index (χ3v) is 6.17. The fourth-order valence-corrected chi connectivity index (χ4v) is 4.70. The van der Waals surface area contributed by atoms with Gasteiger partial charge < -0.3 is 29.7 Å². The summed E-state index contributed by atoms with van der Waals surface area (Å²) in [6, 6.07) is 11.7. The van der Waals surface area contributed by atoms with Crippen LogP contribution in [0.4, 0.5) is 5.69 Å². The Balaban J connectivity index is 1.88. The Morgan fingerprint density at radius 2 is 1.97 bits per heavy atom. The number of ether oxygens (including phenoxy) is 3. The highest BCUT2D eigenvalue weighted by Crippen LogP contribution is 2.54. The molecule has 9 nitrogen and oxygen atoms in total. The number of nitrogens with two attached hydrogens (primary N) is 1. The minimum Gasteiger partial charge on any atom is -0.460 e. The molecule has 0 aliphatic carbocycles. The molecule has 0 radical (unpaired) electrons. The second kappa shape index (κ2) is 7.75. The summed E-state index contributed by atoms with van der Waals surface area (Å²) >= 11 is 3.40. The summed E-state index contributed by atoms with van der Waals surface area (Å²) in [7, 11) is 1.46. The van der Waals surface area contributed by atoms with Gasteiger partial charge >= 0.3 is 11.6 Å². The Hall–Kier alpha value is -3.63. The summed E-state index contributed by atoms with van der Waals surface area (Å²) in [6.07, 6.45) is 0. The molecule has 1 aromatic heterocycles. The van der Waals surface area contributed by atoms with Crippen LogP contribution in [0.3, 0.4) is 0 Å². The van der Waals surface area contributed by atoms with E-state index >= 15 is 0 Å². The van der Waals surface area contributed by atoms with Crippen molar-refractivity contribution in [2.45, 2.75) is 5.41 Å². The van der Waals surface area contributed by atoms with Crippen LogP contribution in [0.15, 0.2) is 67.6 Å². The molecule has 168 valence electrons. The highest BCUT2D eigenvalue weighted by molar-refractivity contribution is 9.10. The van der Waals surface area contributed by atoms with E-state index in [0.29, 0.717) is 21.1 Å². The van der Waals surface area contributed by atoms with E-state index in [1.165, 1.54) is 7.11 Å². The predicted octanol–water partition coefficient (Wildman–Crippen LogP) is 2.55. The van der Waals surface area contributed by atoms with Gasteiger partial charge in [0.1, 0.15) is 28.7 Å². The van der Waals surface area contributed by atoms with Gasteiger partial charge in [0, 0.05) is 22.8 Å². The number of para-hydroxylation sites is 1. The van der Waals surface area contributed by atoms with Crippen molar-refractivity contribution in [3.8, 4) is 5.75 Å². The topological polar surface area (TPSA) is 130 Å². The van der Waals surface area contributed by atoms with Crippen LogP contribution >= 0.6 is 15.9 Å². The number of benzene rings is 2. The maximum atomic E-state index is 13.7. The first-order valence-corrected chi connectivity index (χ1v) is 10.7. The summed E-state index contributed by atoms with van der Waals surface area (Å²) in [5.41, 5.74) is 4.04. The Kier molecular flexibility index (Phi) is 4.98. The maximum Gasteiger partial charge on any atom is 0.345 e. The molecule has 33 heavy (non-hydrogen) atoms. The second-order valence-corrected chi connectivity index (χ2v) is 8.37. The van der Waals surface area contributed by atoms with Crippen LogP contribution in [-0.2, 0) is 24.5 Å². The summed E-state index contributed by atoms with van der Waals surface area (Å²) in [5, 5.41) is 3.18. The van der Waals surface area contributed by atoms with E-state index in [4.69, 9.17) is 24.4 Å². The minimum absolute atomic E-state index is 0.0516. The first kappa shape index (κ1) is 21.2. The Labute approximate surface area is 195 Å². The molecule has 1 amide bonds. The number of carbonyl (C=O) groups is 2. The first-order chi connectivity index (χ1) is 15.9. The number of esters is 1. The van der Waals surface area contributed by atoms with Gasteiger partial charge in [0.15, 0.2) is 5.75 Å². The zero-order chi connectivity index (χ0) is 23.3. The number of halogens is 1. The number of fused-ring (bicyclic) bond motifs is 6. The molecule has 3 N–H and O–H groups in total. The fourth-order valence-electron chi connectivity index (χ4n) is 4.34. The largest absolute Gasteiger partial charge is 0.460 e. The van der Waals surface area contributed by atoms with Crippen molar-refractivity contribution in [3.05, 3.63) is 79.9 Å². The van der Waals surface area contributed by atoms with E-state index in [1.807, 2.05) is 0 Å². The van der Waals surface area contributed by atoms with Crippen LogP contribution in [0.5, 0.6) is 5.75 Å². The average Bonchev–Trinajstić information content (AvgIpc) is 3.05. The molecule has 0 saturated heterocycles. The summed E-state index contributed by atoms with van der Waals surface area (Å²) in [6.45, 7) is 0.0405. The molecule has 2 aliphatic heterocycles. The zero-order valence-corrected chi connectivity index (χ0v) is 18.9. The highest BCUT2D eigenvalue weighted by atomic mass is 79.9. The SMILES string of the molecule is COCCOC(=O)C1=C(N)Oc2c(c(=O)oc3ccccc23)C12C(=O)Nc1ccc(Br)cc12. The third-order valence-electron chi connectivity index (χ3n) is 5.67. The van der Waals surface area contributed by atoms with E-state index in [9.17, 15) is 14.4 Å². The molecule has 0 fully saturated rings. The summed E-state index contributed by atoms with van der Waals surface area (Å²) in [5.74, 6) is -1.85. The lowest BCUT2D eigenvalue weighted by Crippen LogP contribution is -2.48. The number of hydrogen-bond acceptors (Lipinski definition) is 8. The third kappa shape index (κ3) is 2.98.